The number of halogens is 5. The molecule has 0 saturated heterocycles. The average molecular weight is 598 g/mol. The van der Waals surface area contributed by atoms with Crippen molar-refractivity contribution in [3.63, 3.8) is 0 Å². The molecule has 222 valence electrons. The maximum Gasteiger partial charge on any atom is 0.433 e. The van der Waals surface area contributed by atoms with E-state index in [1.807, 2.05) is 0 Å². The van der Waals surface area contributed by atoms with Gasteiger partial charge in [-0.15, -0.1) is 0 Å². The third-order valence-corrected chi connectivity index (χ3v) is 10.1. The summed E-state index contributed by atoms with van der Waals surface area (Å²) in [5.74, 6) is -3.14. The highest BCUT2D eigenvalue weighted by Crippen LogP contribution is 2.67. The van der Waals surface area contributed by atoms with Crippen LogP contribution in [0.15, 0.2) is 24.4 Å². The average Bonchev–Trinajstić information content (AvgIpc) is 3.30. The van der Waals surface area contributed by atoms with Crippen LogP contribution in [0.2, 0.25) is 5.02 Å². The van der Waals surface area contributed by atoms with E-state index in [4.69, 9.17) is 11.6 Å². The number of nitrogens with zero attached hydrogens (tertiary/aromatic N) is 3. The smallest absolute Gasteiger partial charge is 0.433 e. The summed E-state index contributed by atoms with van der Waals surface area (Å²) in [6.45, 7) is 5.13. The number of amides is 1. The second kappa shape index (κ2) is 10.1. The van der Waals surface area contributed by atoms with Gasteiger partial charge in [0.2, 0.25) is 0 Å². The first-order chi connectivity index (χ1) is 19.1. The van der Waals surface area contributed by atoms with E-state index in [-0.39, 0.29) is 48.0 Å². The number of carboxylic acid groups (broad SMARTS) is 1. The Bertz CT molecular complexity index is 1360. The molecule has 0 aliphatic heterocycles. The summed E-state index contributed by atoms with van der Waals surface area (Å²) in [5, 5.41) is 13.3. The molecular formula is C29H32ClF4N3O4. The summed E-state index contributed by atoms with van der Waals surface area (Å²) >= 11 is 6.08. The molecule has 41 heavy (non-hydrogen) atoms. The van der Waals surface area contributed by atoms with Gasteiger partial charge in [-0.3, -0.25) is 19.1 Å². The molecule has 0 spiro atoms. The van der Waals surface area contributed by atoms with Crippen molar-refractivity contribution in [1.82, 2.24) is 14.7 Å². The Morgan fingerprint density at radius 1 is 1.12 bits per heavy atom. The lowest BCUT2D eigenvalue weighted by molar-refractivity contribution is -0.152. The van der Waals surface area contributed by atoms with Crippen molar-refractivity contribution in [1.29, 1.82) is 0 Å². The van der Waals surface area contributed by atoms with E-state index in [2.05, 4.69) is 18.9 Å². The summed E-state index contributed by atoms with van der Waals surface area (Å²) in [5.41, 5.74) is -3.31. The minimum atomic E-state index is -4.95. The lowest BCUT2D eigenvalue weighted by Crippen LogP contribution is -2.44. The maximum atomic E-state index is 14.5. The third kappa shape index (κ3) is 5.15. The highest BCUT2D eigenvalue weighted by Gasteiger charge is 2.63. The molecule has 3 aliphatic carbocycles. The van der Waals surface area contributed by atoms with Gasteiger partial charge in [-0.25, -0.2) is 4.39 Å². The number of hydrogen-bond donors (Lipinski definition) is 1. The van der Waals surface area contributed by atoms with E-state index in [0.717, 1.165) is 21.8 Å². The summed E-state index contributed by atoms with van der Waals surface area (Å²) in [4.78, 5) is 39.9. The van der Waals surface area contributed by atoms with Crippen molar-refractivity contribution >= 4 is 29.3 Å². The van der Waals surface area contributed by atoms with Gasteiger partial charge in [0.05, 0.1) is 40.3 Å². The molecule has 1 amide bonds. The fourth-order valence-electron chi connectivity index (χ4n) is 7.03. The number of benzene rings is 1. The van der Waals surface area contributed by atoms with Gasteiger partial charge < -0.3 is 10.0 Å². The first-order valence-electron chi connectivity index (χ1n) is 13.7. The number of carbonyl (C=O) groups excluding carboxylic acids is 2. The molecule has 3 atom stereocenters. The van der Waals surface area contributed by atoms with Crippen LogP contribution in [0.25, 0.3) is 0 Å². The van der Waals surface area contributed by atoms with Gasteiger partial charge >= 0.3 is 12.1 Å². The molecule has 3 saturated carbocycles. The van der Waals surface area contributed by atoms with Crippen molar-refractivity contribution in [3.05, 3.63) is 52.1 Å². The quantitative estimate of drug-likeness (QED) is 0.285. The first-order valence-corrected chi connectivity index (χ1v) is 14.1. The highest BCUT2D eigenvalue weighted by atomic mass is 35.5. The van der Waals surface area contributed by atoms with Gasteiger partial charge in [0, 0.05) is 6.04 Å². The summed E-state index contributed by atoms with van der Waals surface area (Å²) < 4.78 is 58.9. The van der Waals surface area contributed by atoms with Gasteiger partial charge in [-0.05, 0) is 74.8 Å². The number of rotatable bonds is 7. The van der Waals surface area contributed by atoms with Crippen LogP contribution in [0.4, 0.5) is 17.6 Å². The standard InChI is InChI=1S/C29H32ClF4N3O4/c1-27(2)18-11-16(12-19(18)27)36(14-22(38)23-20(30)5-4-6-21(23)31)25(39)17-13-35-37(24(17)29(32,33)34)15-7-9-28(3,10-8-15)26(40)41/h4-6,13,15-16,18-19H,7-12,14H2,1-3H3,(H,40,41)/t15?,16?,18-,19+,28?. The Hall–Kier alpha value is -2.95. The molecule has 5 rings (SSSR count). The van der Waals surface area contributed by atoms with Crippen molar-refractivity contribution in [3.8, 4) is 0 Å². The molecule has 2 aromatic rings. The van der Waals surface area contributed by atoms with Crippen LogP contribution in [0.5, 0.6) is 0 Å². The van der Waals surface area contributed by atoms with Gasteiger partial charge in [-0.1, -0.05) is 31.5 Å². The predicted molar refractivity (Wildman–Crippen MR) is 141 cm³/mol. The fourth-order valence-corrected chi connectivity index (χ4v) is 7.29. The summed E-state index contributed by atoms with van der Waals surface area (Å²) in [6, 6.07) is 2.48. The Morgan fingerprint density at radius 2 is 1.73 bits per heavy atom. The molecule has 0 bridgehead atoms. The van der Waals surface area contributed by atoms with Crippen molar-refractivity contribution in [2.24, 2.45) is 22.7 Å². The largest absolute Gasteiger partial charge is 0.481 e. The molecule has 12 heteroatoms. The molecule has 0 radical (unpaired) electrons. The van der Waals surface area contributed by atoms with E-state index in [1.54, 1.807) is 6.92 Å². The fraction of sp³-hybridized carbons (Fsp3) is 0.586. The molecule has 1 aromatic heterocycles. The number of aliphatic carboxylic acids is 1. The number of carbonyl (C=O) groups is 3. The van der Waals surface area contributed by atoms with E-state index in [0.29, 0.717) is 12.8 Å². The number of hydrogen-bond acceptors (Lipinski definition) is 4. The number of carboxylic acids is 1. The van der Waals surface area contributed by atoms with Crippen LogP contribution in [0.3, 0.4) is 0 Å². The van der Waals surface area contributed by atoms with Crippen molar-refractivity contribution in [2.45, 2.75) is 77.6 Å². The van der Waals surface area contributed by atoms with Gasteiger partial charge in [-0.2, -0.15) is 18.3 Å². The lowest BCUT2D eigenvalue weighted by atomic mass is 9.74. The van der Waals surface area contributed by atoms with Crippen LogP contribution < -0.4 is 0 Å². The molecule has 1 heterocycles. The predicted octanol–water partition coefficient (Wildman–Crippen LogP) is 6.66. The topological polar surface area (TPSA) is 92.5 Å². The summed E-state index contributed by atoms with van der Waals surface area (Å²) in [7, 11) is 0. The molecule has 7 nitrogen and oxygen atoms in total. The Labute approximate surface area is 239 Å². The minimum Gasteiger partial charge on any atom is -0.481 e. The zero-order chi connectivity index (χ0) is 30.1. The van der Waals surface area contributed by atoms with Crippen LogP contribution in [-0.2, 0) is 11.0 Å². The SMILES string of the molecule is CC1(C(=O)O)CCC(n2ncc(C(=O)N(CC(=O)c3c(F)cccc3Cl)C3C[C@@H]4[C@H](C3)C4(C)C)c2C(F)(F)F)CC1. The van der Waals surface area contributed by atoms with Crippen LogP contribution in [0, 0.1) is 28.5 Å². The lowest BCUT2D eigenvalue weighted by Gasteiger charge is -2.35. The minimum absolute atomic E-state index is 0.0531. The van der Waals surface area contributed by atoms with Gasteiger partial charge in [0.1, 0.15) is 5.82 Å². The van der Waals surface area contributed by atoms with E-state index < -0.39 is 70.5 Å². The Balaban J connectivity index is 1.48. The monoisotopic (exact) mass is 597 g/mol. The number of fused-ring (bicyclic) bond motifs is 1. The molecule has 1 aromatic carbocycles. The van der Waals surface area contributed by atoms with E-state index in [1.165, 1.54) is 12.1 Å². The number of aromatic nitrogens is 2. The molecule has 1 unspecified atom stereocenters. The maximum absolute atomic E-state index is 14.5. The van der Waals surface area contributed by atoms with Crippen molar-refractivity contribution < 1.29 is 37.1 Å². The van der Waals surface area contributed by atoms with E-state index >= 15 is 0 Å². The van der Waals surface area contributed by atoms with Crippen LogP contribution in [-0.4, -0.2) is 50.0 Å². The highest BCUT2D eigenvalue weighted by molar-refractivity contribution is 6.34. The van der Waals surface area contributed by atoms with Gasteiger partial charge in [0.15, 0.2) is 11.5 Å². The van der Waals surface area contributed by atoms with Crippen molar-refractivity contribution in [2.75, 3.05) is 6.54 Å². The van der Waals surface area contributed by atoms with Crippen LogP contribution >= 0.6 is 11.6 Å². The van der Waals surface area contributed by atoms with Crippen LogP contribution in [0.1, 0.15) is 91.7 Å². The molecular weight excluding hydrogens is 566 g/mol. The summed E-state index contributed by atoms with van der Waals surface area (Å²) in [6.07, 6.45) is -2.40. The third-order valence-electron chi connectivity index (χ3n) is 9.81. The first kappa shape index (κ1) is 29.5. The zero-order valence-corrected chi connectivity index (χ0v) is 23.7. The number of alkyl halides is 3. The molecule has 3 fully saturated rings. The Morgan fingerprint density at radius 3 is 2.27 bits per heavy atom. The van der Waals surface area contributed by atoms with E-state index in [9.17, 15) is 37.1 Å². The normalized spacial score (nSPS) is 28.7. The zero-order valence-electron chi connectivity index (χ0n) is 23.0. The second-order valence-electron chi connectivity index (χ2n) is 12.6. The molecule has 1 N–H and O–H groups in total. The van der Waals surface area contributed by atoms with Gasteiger partial charge in [0.25, 0.3) is 5.91 Å². The Kier molecular flexibility index (Phi) is 7.28. The second-order valence-corrected chi connectivity index (χ2v) is 13.0. The number of ketones is 1. The number of Topliss-reactive ketones (excluding diaryl/α,β-unsaturated/α-hetero) is 1. The molecule has 3 aliphatic rings.